The number of hydrogen-bond acceptors (Lipinski definition) is 5. The van der Waals surface area contributed by atoms with Gasteiger partial charge in [0.25, 0.3) is 10.2 Å². The molecule has 0 aliphatic carbocycles. The van der Waals surface area contributed by atoms with Crippen molar-refractivity contribution < 1.29 is 21.6 Å². The fraction of sp³-hybridized carbons (Fsp3) is 0.857. The number of carbonyl (C=O) groups is 1. The van der Waals surface area contributed by atoms with E-state index in [1.807, 2.05) is 0 Å². The number of piperazine rings is 1. The molecule has 100 valence electrons. The molecule has 0 radical (unpaired) electrons. The minimum atomic E-state index is -3.73. The molecule has 0 bridgehead atoms. The lowest BCUT2D eigenvalue weighted by molar-refractivity contribution is -0.129. The highest BCUT2D eigenvalue weighted by Gasteiger charge is 2.27. The Morgan fingerprint density at radius 3 is 1.94 bits per heavy atom. The van der Waals surface area contributed by atoms with Crippen molar-refractivity contribution >= 4 is 26.0 Å². The Morgan fingerprint density at radius 1 is 1.12 bits per heavy atom. The third-order valence-corrected chi connectivity index (χ3v) is 4.19. The highest BCUT2D eigenvalue weighted by Crippen LogP contribution is 2.05. The first-order valence-corrected chi connectivity index (χ1v) is 8.39. The van der Waals surface area contributed by atoms with Gasteiger partial charge in [-0.15, -0.1) is 0 Å². The van der Waals surface area contributed by atoms with Crippen LogP contribution in [0.15, 0.2) is 0 Å². The molecule has 1 saturated heterocycles. The summed E-state index contributed by atoms with van der Waals surface area (Å²) in [6.07, 6.45) is 0.978. The van der Waals surface area contributed by atoms with Crippen LogP contribution in [0.2, 0.25) is 0 Å². The van der Waals surface area contributed by atoms with Crippen LogP contribution in [0.5, 0.6) is 0 Å². The third kappa shape index (κ3) is 4.58. The maximum atomic E-state index is 11.5. The van der Waals surface area contributed by atoms with Crippen LogP contribution in [0.25, 0.3) is 0 Å². The number of nitrogens with two attached hydrogens (primary N) is 1. The molecule has 0 aromatic carbocycles. The average molecular weight is 285 g/mol. The molecule has 2 N–H and O–H groups in total. The number of rotatable bonds is 3. The summed E-state index contributed by atoms with van der Waals surface area (Å²) in [7, 11) is -7.10. The lowest BCUT2D eigenvalue weighted by Crippen LogP contribution is -2.53. The molecule has 1 heterocycles. The minimum Gasteiger partial charge on any atom is -0.339 e. The van der Waals surface area contributed by atoms with Crippen molar-refractivity contribution in [1.82, 2.24) is 9.21 Å². The van der Waals surface area contributed by atoms with Gasteiger partial charge in [0, 0.05) is 32.4 Å². The summed E-state index contributed by atoms with van der Waals surface area (Å²) in [6.45, 7) is 0.498. The van der Waals surface area contributed by atoms with Gasteiger partial charge in [0.15, 0.2) is 9.84 Å². The van der Waals surface area contributed by atoms with Gasteiger partial charge in [-0.3, -0.25) is 4.79 Å². The maximum Gasteiger partial charge on any atom is 0.277 e. The Kier molecular flexibility index (Phi) is 4.12. The van der Waals surface area contributed by atoms with Crippen LogP contribution >= 0.6 is 0 Å². The monoisotopic (exact) mass is 285 g/mol. The highest BCUT2D eigenvalue weighted by molar-refractivity contribution is 7.91. The van der Waals surface area contributed by atoms with Gasteiger partial charge in [-0.2, -0.15) is 12.7 Å². The van der Waals surface area contributed by atoms with E-state index in [1.165, 1.54) is 4.90 Å². The summed E-state index contributed by atoms with van der Waals surface area (Å²) in [5.74, 6) is -1.07. The molecule has 0 saturated carbocycles. The minimum absolute atomic E-state index is 0.0916. The fourth-order valence-electron chi connectivity index (χ4n) is 1.51. The van der Waals surface area contributed by atoms with Crippen molar-refractivity contribution in [2.45, 2.75) is 0 Å². The summed E-state index contributed by atoms with van der Waals surface area (Å²) >= 11 is 0. The van der Waals surface area contributed by atoms with Crippen molar-refractivity contribution in [2.24, 2.45) is 5.14 Å². The fourth-order valence-corrected chi connectivity index (χ4v) is 2.81. The largest absolute Gasteiger partial charge is 0.339 e. The number of carbonyl (C=O) groups excluding carboxylic acids is 1. The van der Waals surface area contributed by atoms with Crippen LogP contribution in [0.1, 0.15) is 0 Å². The molecule has 1 fully saturated rings. The normalized spacial score (nSPS) is 19.3. The van der Waals surface area contributed by atoms with Crippen LogP contribution in [-0.4, -0.2) is 70.1 Å². The van der Waals surface area contributed by atoms with E-state index in [4.69, 9.17) is 5.14 Å². The Hall–Kier alpha value is -0.710. The molecule has 0 aromatic heterocycles. The van der Waals surface area contributed by atoms with E-state index >= 15 is 0 Å². The van der Waals surface area contributed by atoms with E-state index in [0.717, 1.165) is 10.6 Å². The smallest absolute Gasteiger partial charge is 0.277 e. The average Bonchev–Trinajstić information content (AvgIpc) is 2.14. The zero-order valence-electron chi connectivity index (χ0n) is 9.37. The molecule has 1 amide bonds. The standard InChI is InChI=1S/C7H15N3O5S2/c1-16(12,13)6-7(11)9-2-4-10(5-3-9)17(8,14)15/h2-6H2,1H3,(H2,8,14,15). The summed E-state index contributed by atoms with van der Waals surface area (Å²) in [5, 5.41) is 4.93. The lowest BCUT2D eigenvalue weighted by Gasteiger charge is -2.32. The first-order chi connectivity index (χ1) is 7.59. The molecular weight excluding hydrogens is 270 g/mol. The lowest BCUT2D eigenvalue weighted by atomic mass is 10.3. The Labute approximate surface area is 100 Å². The molecule has 0 spiro atoms. The second-order valence-corrected chi connectivity index (χ2v) is 7.58. The molecule has 17 heavy (non-hydrogen) atoms. The second-order valence-electron chi connectivity index (χ2n) is 3.89. The van der Waals surface area contributed by atoms with Crippen molar-refractivity contribution in [2.75, 3.05) is 38.2 Å². The predicted octanol–water partition coefficient (Wildman–Crippen LogP) is -2.62. The van der Waals surface area contributed by atoms with Gasteiger partial charge in [0.05, 0.1) is 0 Å². The highest BCUT2D eigenvalue weighted by atomic mass is 32.2. The molecular formula is C7H15N3O5S2. The summed E-state index contributed by atoms with van der Waals surface area (Å²) in [5.41, 5.74) is 0. The van der Waals surface area contributed by atoms with E-state index in [2.05, 4.69) is 0 Å². The molecule has 0 unspecified atom stereocenters. The molecule has 1 aliphatic rings. The number of sulfone groups is 1. The van der Waals surface area contributed by atoms with Crippen LogP contribution in [-0.2, 0) is 24.8 Å². The van der Waals surface area contributed by atoms with E-state index in [9.17, 15) is 21.6 Å². The van der Waals surface area contributed by atoms with Crippen LogP contribution < -0.4 is 5.14 Å². The van der Waals surface area contributed by atoms with E-state index in [-0.39, 0.29) is 26.2 Å². The first-order valence-electron chi connectivity index (χ1n) is 4.83. The van der Waals surface area contributed by atoms with Crippen molar-refractivity contribution in [3.05, 3.63) is 0 Å². The van der Waals surface area contributed by atoms with Gasteiger partial charge in [-0.1, -0.05) is 0 Å². The van der Waals surface area contributed by atoms with Crippen LogP contribution in [0.4, 0.5) is 0 Å². The van der Waals surface area contributed by atoms with E-state index in [1.54, 1.807) is 0 Å². The number of hydrogen-bond donors (Lipinski definition) is 1. The Morgan fingerprint density at radius 2 is 1.59 bits per heavy atom. The van der Waals surface area contributed by atoms with E-state index in [0.29, 0.717) is 0 Å². The van der Waals surface area contributed by atoms with Gasteiger partial charge in [0.2, 0.25) is 5.91 Å². The topological polar surface area (TPSA) is 118 Å². The van der Waals surface area contributed by atoms with Gasteiger partial charge in [0.1, 0.15) is 5.75 Å². The van der Waals surface area contributed by atoms with Crippen LogP contribution in [0.3, 0.4) is 0 Å². The maximum absolute atomic E-state index is 11.5. The third-order valence-electron chi connectivity index (χ3n) is 2.34. The molecule has 1 aliphatic heterocycles. The molecule has 0 aromatic rings. The van der Waals surface area contributed by atoms with Gasteiger partial charge < -0.3 is 4.90 Å². The Balaban J connectivity index is 2.56. The van der Waals surface area contributed by atoms with Crippen molar-refractivity contribution in [3.8, 4) is 0 Å². The summed E-state index contributed by atoms with van der Waals surface area (Å²) < 4.78 is 44.9. The molecule has 10 heteroatoms. The van der Waals surface area contributed by atoms with Crippen molar-refractivity contribution in [1.29, 1.82) is 0 Å². The zero-order chi connectivity index (χ0) is 13.3. The molecule has 0 atom stereocenters. The van der Waals surface area contributed by atoms with Crippen molar-refractivity contribution in [3.63, 3.8) is 0 Å². The first kappa shape index (κ1) is 14.4. The number of nitrogens with zero attached hydrogens (tertiary/aromatic N) is 2. The van der Waals surface area contributed by atoms with E-state index < -0.39 is 31.7 Å². The van der Waals surface area contributed by atoms with Gasteiger partial charge in [-0.25, -0.2) is 13.6 Å². The SMILES string of the molecule is CS(=O)(=O)CC(=O)N1CCN(S(N)(=O)=O)CC1. The number of amides is 1. The molecule has 1 rings (SSSR count). The summed E-state index contributed by atoms with van der Waals surface area (Å²) in [4.78, 5) is 12.8. The van der Waals surface area contributed by atoms with Gasteiger partial charge >= 0.3 is 0 Å². The Bertz CT molecular complexity index is 490. The van der Waals surface area contributed by atoms with Crippen LogP contribution in [0, 0.1) is 0 Å². The summed E-state index contributed by atoms with van der Waals surface area (Å²) in [6, 6.07) is 0. The quantitative estimate of drug-likeness (QED) is 0.609. The molecule has 8 nitrogen and oxygen atoms in total. The predicted molar refractivity (Wildman–Crippen MR) is 61.0 cm³/mol. The van der Waals surface area contributed by atoms with Gasteiger partial charge in [-0.05, 0) is 0 Å². The second kappa shape index (κ2) is 4.88. The zero-order valence-corrected chi connectivity index (χ0v) is 11.0.